The van der Waals surface area contributed by atoms with Crippen molar-refractivity contribution in [2.24, 2.45) is 5.73 Å². The Kier molecular flexibility index (Phi) is 1.75. The van der Waals surface area contributed by atoms with Gasteiger partial charge in [-0.05, 0) is 0 Å². The molecule has 1 aliphatic rings. The third-order valence-corrected chi connectivity index (χ3v) is 1.09. The third kappa shape index (κ3) is 1.66. The number of cyclic esters (lactones) is 2. The Labute approximate surface area is 61.2 Å². The van der Waals surface area contributed by atoms with Crippen LogP contribution >= 0.6 is 0 Å². The summed E-state index contributed by atoms with van der Waals surface area (Å²) in [6.07, 6.45) is -2.50. The van der Waals surface area contributed by atoms with Crippen LogP contribution in [0.15, 0.2) is 0 Å². The summed E-state index contributed by atoms with van der Waals surface area (Å²) in [4.78, 5) is 31.0. The minimum atomic E-state index is -1.15. The van der Waals surface area contributed by atoms with E-state index in [0.717, 1.165) is 0 Å². The second kappa shape index (κ2) is 2.57. The highest BCUT2D eigenvalue weighted by Gasteiger charge is 2.36. The van der Waals surface area contributed by atoms with Gasteiger partial charge in [0.05, 0.1) is 6.42 Å². The summed E-state index contributed by atoms with van der Waals surface area (Å²) in [5.74, 6) is -1.57. The van der Waals surface area contributed by atoms with Crippen LogP contribution in [0.5, 0.6) is 0 Å². The van der Waals surface area contributed by atoms with Crippen LogP contribution in [0.25, 0.3) is 0 Å². The van der Waals surface area contributed by atoms with E-state index in [1.54, 1.807) is 0 Å². The molecule has 1 fully saturated rings. The van der Waals surface area contributed by atoms with Crippen molar-refractivity contribution in [3.63, 3.8) is 0 Å². The van der Waals surface area contributed by atoms with Crippen molar-refractivity contribution in [3.8, 4) is 0 Å². The molecule has 0 bridgehead atoms. The second-order valence-corrected chi connectivity index (χ2v) is 1.92. The molecule has 0 aromatic carbocycles. The number of carbonyl (C=O) groups is 3. The summed E-state index contributed by atoms with van der Waals surface area (Å²) < 4.78 is 8.30. The number of hydrogen-bond acceptors (Lipinski definition) is 5. The molecular formula is C5H5NO5. The van der Waals surface area contributed by atoms with Gasteiger partial charge in [-0.15, -0.1) is 0 Å². The van der Waals surface area contributed by atoms with Crippen LogP contribution in [0.4, 0.5) is 4.79 Å². The molecule has 1 rings (SSSR count). The molecule has 0 saturated carbocycles. The predicted octanol–water partition coefficient (Wildman–Crippen LogP) is -1.08. The van der Waals surface area contributed by atoms with Crippen LogP contribution in [-0.2, 0) is 19.1 Å². The van der Waals surface area contributed by atoms with Crippen molar-refractivity contribution >= 4 is 18.0 Å². The van der Waals surface area contributed by atoms with Crippen LogP contribution in [-0.4, -0.2) is 24.1 Å². The Balaban J connectivity index is 2.53. The zero-order valence-corrected chi connectivity index (χ0v) is 5.40. The Bertz CT molecular complexity index is 223. The average Bonchev–Trinajstić information content (AvgIpc) is 2.09. The van der Waals surface area contributed by atoms with Crippen molar-refractivity contribution in [3.05, 3.63) is 0 Å². The van der Waals surface area contributed by atoms with Crippen LogP contribution in [0.3, 0.4) is 0 Å². The molecule has 1 aliphatic heterocycles. The van der Waals surface area contributed by atoms with E-state index in [0.29, 0.717) is 0 Å². The smallest absolute Gasteiger partial charge is 0.405 e. The topological polar surface area (TPSA) is 95.7 Å². The molecule has 6 heteroatoms. The first kappa shape index (κ1) is 7.52. The Morgan fingerprint density at radius 3 is 2.64 bits per heavy atom. The van der Waals surface area contributed by atoms with E-state index in [9.17, 15) is 14.4 Å². The van der Waals surface area contributed by atoms with E-state index >= 15 is 0 Å². The molecule has 1 atom stereocenters. The van der Waals surface area contributed by atoms with Gasteiger partial charge in [0, 0.05) is 0 Å². The molecule has 0 aromatic heterocycles. The molecule has 1 amide bonds. The van der Waals surface area contributed by atoms with Crippen molar-refractivity contribution in [1.29, 1.82) is 0 Å². The summed E-state index contributed by atoms with van der Waals surface area (Å²) in [5, 5.41) is 0. The standard InChI is InChI=1S/C5H5NO5/c6-5(9)10-2-1-3(7)11-4(2)8/h2H,1H2,(H2,6,9). The van der Waals surface area contributed by atoms with Gasteiger partial charge in [-0.2, -0.15) is 0 Å². The van der Waals surface area contributed by atoms with Gasteiger partial charge in [0.25, 0.3) is 0 Å². The first-order valence-electron chi connectivity index (χ1n) is 2.80. The van der Waals surface area contributed by atoms with E-state index in [1.165, 1.54) is 0 Å². The van der Waals surface area contributed by atoms with Gasteiger partial charge in [-0.25, -0.2) is 9.59 Å². The maximum Gasteiger partial charge on any atom is 0.405 e. The summed E-state index contributed by atoms with van der Waals surface area (Å²) in [6.45, 7) is 0. The SMILES string of the molecule is NC(=O)OC1CC(=O)OC1=O. The van der Waals surface area contributed by atoms with Crippen LogP contribution in [0.1, 0.15) is 6.42 Å². The van der Waals surface area contributed by atoms with Gasteiger partial charge in [0.1, 0.15) is 0 Å². The largest absolute Gasteiger partial charge is 0.434 e. The fourth-order valence-corrected chi connectivity index (χ4v) is 0.684. The van der Waals surface area contributed by atoms with Crippen LogP contribution in [0.2, 0.25) is 0 Å². The minimum Gasteiger partial charge on any atom is -0.434 e. The fourth-order valence-electron chi connectivity index (χ4n) is 0.684. The maximum absolute atomic E-state index is 10.5. The van der Waals surface area contributed by atoms with Gasteiger partial charge in [-0.1, -0.05) is 0 Å². The molecule has 2 N–H and O–H groups in total. The van der Waals surface area contributed by atoms with Crippen molar-refractivity contribution in [2.45, 2.75) is 12.5 Å². The van der Waals surface area contributed by atoms with E-state index in [4.69, 9.17) is 0 Å². The first-order valence-corrected chi connectivity index (χ1v) is 2.80. The molecule has 60 valence electrons. The lowest BCUT2D eigenvalue weighted by atomic mass is 10.3. The van der Waals surface area contributed by atoms with E-state index < -0.39 is 24.1 Å². The monoisotopic (exact) mass is 159 g/mol. The summed E-state index contributed by atoms with van der Waals surface area (Å²) in [5.41, 5.74) is 4.60. The molecule has 1 unspecified atom stereocenters. The zero-order valence-electron chi connectivity index (χ0n) is 5.40. The van der Waals surface area contributed by atoms with Gasteiger partial charge in [-0.3, -0.25) is 4.79 Å². The minimum absolute atomic E-state index is 0.248. The molecule has 0 radical (unpaired) electrons. The molecule has 0 aromatic rings. The normalized spacial score (nSPS) is 23.1. The number of rotatable bonds is 1. The molecule has 1 heterocycles. The Morgan fingerprint density at radius 2 is 2.27 bits per heavy atom. The first-order chi connectivity index (χ1) is 5.09. The molecule has 1 saturated heterocycles. The number of primary amides is 1. The van der Waals surface area contributed by atoms with E-state index in [2.05, 4.69) is 15.2 Å². The number of ether oxygens (including phenoxy) is 2. The van der Waals surface area contributed by atoms with Gasteiger partial charge >= 0.3 is 18.0 Å². The highest BCUT2D eigenvalue weighted by Crippen LogP contribution is 2.11. The quantitative estimate of drug-likeness (QED) is 0.388. The zero-order chi connectivity index (χ0) is 8.43. The fraction of sp³-hybridized carbons (Fsp3) is 0.400. The highest BCUT2D eigenvalue weighted by molar-refractivity contribution is 5.97. The lowest BCUT2D eigenvalue weighted by molar-refractivity contribution is -0.154. The van der Waals surface area contributed by atoms with Crippen molar-refractivity contribution in [1.82, 2.24) is 0 Å². The lowest BCUT2D eigenvalue weighted by Gasteiger charge is -2.01. The van der Waals surface area contributed by atoms with Crippen molar-refractivity contribution < 1.29 is 23.9 Å². The number of carbonyl (C=O) groups excluding carboxylic acids is 3. The van der Waals surface area contributed by atoms with E-state index in [-0.39, 0.29) is 6.42 Å². The highest BCUT2D eigenvalue weighted by atomic mass is 16.6. The maximum atomic E-state index is 10.5. The van der Waals surface area contributed by atoms with Gasteiger partial charge < -0.3 is 15.2 Å². The Hall–Kier alpha value is -1.59. The number of hydrogen-bond donors (Lipinski definition) is 1. The number of amides is 1. The van der Waals surface area contributed by atoms with Crippen LogP contribution in [0, 0.1) is 0 Å². The third-order valence-electron chi connectivity index (χ3n) is 1.09. The number of esters is 2. The average molecular weight is 159 g/mol. The number of nitrogens with two attached hydrogens (primary N) is 1. The Morgan fingerprint density at radius 1 is 1.64 bits per heavy atom. The van der Waals surface area contributed by atoms with Crippen LogP contribution < -0.4 is 5.73 Å². The molecule has 0 aliphatic carbocycles. The summed E-state index contributed by atoms with van der Waals surface area (Å²) in [6, 6.07) is 0. The van der Waals surface area contributed by atoms with Crippen molar-refractivity contribution in [2.75, 3.05) is 0 Å². The van der Waals surface area contributed by atoms with E-state index in [1.807, 2.05) is 0 Å². The summed E-state index contributed by atoms with van der Waals surface area (Å²) in [7, 11) is 0. The second-order valence-electron chi connectivity index (χ2n) is 1.92. The molecule has 0 spiro atoms. The summed E-state index contributed by atoms with van der Waals surface area (Å²) >= 11 is 0. The molecular weight excluding hydrogens is 154 g/mol. The lowest BCUT2D eigenvalue weighted by Crippen LogP contribution is -2.26. The molecule has 6 nitrogen and oxygen atoms in total. The van der Waals surface area contributed by atoms with Gasteiger partial charge in [0.2, 0.25) is 6.10 Å². The molecule has 11 heavy (non-hydrogen) atoms. The predicted molar refractivity (Wildman–Crippen MR) is 30.2 cm³/mol. The van der Waals surface area contributed by atoms with Gasteiger partial charge in [0.15, 0.2) is 0 Å².